The van der Waals surface area contributed by atoms with Crippen LogP contribution in [0.4, 0.5) is 0 Å². The minimum atomic E-state index is -2.14. The Hall–Kier alpha value is -0.279. The van der Waals surface area contributed by atoms with Crippen LogP contribution in [0.1, 0.15) is 41.5 Å². The molecule has 0 amide bonds. The average molecular weight is 514 g/mol. The van der Waals surface area contributed by atoms with Crippen LogP contribution in [-0.2, 0) is 21.7 Å². The molecule has 0 radical (unpaired) electrons. The van der Waals surface area contributed by atoms with Gasteiger partial charge in [-0.25, -0.2) is 5.57 Å². The van der Waals surface area contributed by atoms with E-state index in [1.807, 2.05) is 0 Å². The number of allylic oxidation sites excluding steroid dienone is 4. The third-order valence-corrected chi connectivity index (χ3v) is 12.7. The van der Waals surface area contributed by atoms with Gasteiger partial charge in [0.05, 0.1) is 0 Å². The maximum Gasteiger partial charge on any atom is 4.00 e. The van der Waals surface area contributed by atoms with Gasteiger partial charge in [0.15, 0.2) is 0 Å². The Kier molecular flexibility index (Phi) is 13.5. The molecule has 2 aromatic carbocycles. The summed E-state index contributed by atoms with van der Waals surface area (Å²) in [5.74, 6) is 0.634. The van der Waals surface area contributed by atoms with Crippen molar-refractivity contribution in [1.29, 1.82) is 0 Å². The second-order valence-electron chi connectivity index (χ2n) is 8.36. The molecule has 1 aliphatic rings. The molecule has 0 heterocycles. The Bertz CT molecular complexity index is 808. The zero-order valence-corrected chi connectivity index (χ0v) is 23.5. The molecule has 1 atom stereocenters. The van der Waals surface area contributed by atoms with E-state index in [1.165, 1.54) is 33.1 Å². The van der Waals surface area contributed by atoms with E-state index in [4.69, 9.17) is 0 Å². The number of benzene rings is 2. The van der Waals surface area contributed by atoms with Crippen molar-refractivity contribution >= 4 is 18.4 Å². The summed E-state index contributed by atoms with van der Waals surface area (Å²) in [6.07, 6.45) is 3.98. The van der Waals surface area contributed by atoms with Crippen molar-refractivity contribution in [2.75, 3.05) is 0 Å². The molecule has 30 heavy (non-hydrogen) atoms. The predicted molar refractivity (Wildman–Crippen MR) is 117 cm³/mol. The minimum absolute atomic E-state index is 0. The first-order chi connectivity index (χ1) is 12.3. The first-order valence-electron chi connectivity index (χ1n) is 9.74. The molecule has 3 rings (SSSR count). The van der Waals surface area contributed by atoms with Gasteiger partial charge in [0.25, 0.3) is 0 Å². The van der Waals surface area contributed by atoms with Crippen LogP contribution in [-0.4, -0.2) is 8.07 Å². The molecule has 1 unspecified atom stereocenters. The molecule has 0 N–H and O–H groups in total. The average Bonchev–Trinajstić information content (AvgIpc) is 2.85. The Balaban J connectivity index is 0. The van der Waals surface area contributed by atoms with Crippen LogP contribution in [0.3, 0.4) is 0 Å². The van der Waals surface area contributed by atoms with Gasteiger partial charge in [0.1, 0.15) is 8.07 Å². The molecule has 2 aromatic rings. The monoisotopic (exact) mass is 512 g/mol. The van der Waals surface area contributed by atoms with Crippen molar-refractivity contribution in [3.8, 4) is 0 Å². The van der Waals surface area contributed by atoms with Crippen molar-refractivity contribution < 1.29 is 58.9 Å². The van der Waals surface area contributed by atoms with Crippen LogP contribution in [0.25, 0.3) is 0 Å². The smallest absolute Gasteiger partial charge is 1.00 e. The van der Waals surface area contributed by atoms with E-state index in [0.717, 1.165) is 0 Å². The Morgan fingerprint density at radius 3 is 1.50 bits per heavy atom. The first-order valence-corrected chi connectivity index (χ1v) is 11.9. The number of hydrogen-bond donors (Lipinski definition) is 0. The van der Waals surface area contributed by atoms with E-state index in [1.54, 1.807) is 0 Å². The summed E-state index contributed by atoms with van der Waals surface area (Å²) >= 11 is 0. The quantitative estimate of drug-likeness (QED) is 0.292. The molecule has 0 fully saturated rings. The predicted octanol–water partition coefficient (Wildman–Crippen LogP) is -3.23. The Morgan fingerprint density at radius 1 is 0.800 bits per heavy atom. The van der Waals surface area contributed by atoms with Crippen molar-refractivity contribution in [3.63, 3.8) is 0 Å². The molecule has 0 aromatic heterocycles. The van der Waals surface area contributed by atoms with Crippen molar-refractivity contribution in [2.24, 2.45) is 5.92 Å². The summed E-state index contributed by atoms with van der Waals surface area (Å²) in [6.45, 7) is 14.0. The molecule has 5 heteroatoms. The standard InChI is InChI=1S/C25H31Si.3ClH.Ti/c1-19(2)18-26(23-13-9-7-10-14-23,24-15-11-8-12-16-24)25(6)17-20(3)21(4)22(25)5;;;;/h7-16,19H,18H2,1-6H3;3*1H;/q-1;;;;+4/p-3. The number of halogens is 3. The van der Waals surface area contributed by atoms with E-state index in [-0.39, 0.29) is 64.0 Å². The van der Waals surface area contributed by atoms with Gasteiger partial charge in [-0.2, -0.15) is 11.1 Å². The van der Waals surface area contributed by atoms with Gasteiger partial charge >= 0.3 is 21.7 Å². The van der Waals surface area contributed by atoms with Gasteiger partial charge < -0.3 is 37.2 Å². The second-order valence-corrected chi connectivity index (χ2v) is 12.7. The molecule has 0 saturated heterocycles. The fraction of sp³-hybridized carbons (Fsp3) is 0.360. The Morgan fingerprint density at radius 2 is 1.20 bits per heavy atom. The largest absolute Gasteiger partial charge is 4.00 e. The van der Waals surface area contributed by atoms with Gasteiger partial charge in [-0.05, 0) is 12.0 Å². The number of hydrogen-bond acceptors (Lipinski definition) is 0. The molecule has 0 nitrogen and oxygen atoms in total. The topological polar surface area (TPSA) is 0 Å². The van der Waals surface area contributed by atoms with Crippen LogP contribution < -0.4 is 47.6 Å². The fourth-order valence-electron chi connectivity index (χ4n) is 4.89. The number of rotatable bonds is 5. The van der Waals surface area contributed by atoms with E-state index in [9.17, 15) is 0 Å². The summed E-state index contributed by atoms with van der Waals surface area (Å²) in [7, 11) is -2.14. The van der Waals surface area contributed by atoms with Gasteiger partial charge in [0, 0.05) is 0 Å². The molecular formula is C25H31Cl3SiTi. The van der Waals surface area contributed by atoms with E-state index in [0.29, 0.717) is 5.92 Å². The van der Waals surface area contributed by atoms with Crippen LogP contribution in [0.2, 0.25) is 11.1 Å². The fourth-order valence-corrected chi connectivity index (χ4v) is 11.2. The normalized spacial score (nSPS) is 17.9. The molecule has 0 bridgehead atoms. The van der Waals surface area contributed by atoms with E-state index >= 15 is 0 Å². The maximum absolute atomic E-state index is 3.98. The molecular weight excluding hydrogens is 483 g/mol. The maximum atomic E-state index is 3.98. The molecule has 1 aliphatic carbocycles. The van der Waals surface area contributed by atoms with Gasteiger partial charge in [0.2, 0.25) is 0 Å². The minimum Gasteiger partial charge on any atom is -1.00 e. The molecule has 0 aliphatic heterocycles. The van der Waals surface area contributed by atoms with E-state index in [2.05, 4.69) is 108 Å². The van der Waals surface area contributed by atoms with Crippen molar-refractivity contribution in [2.45, 2.75) is 52.6 Å². The van der Waals surface area contributed by atoms with Crippen molar-refractivity contribution in [1.82, 2.24) is 0 Å². The van der Waals surface area contributed by atoms with Gasteiger partial charge in [-0.3, -0.25) is 6.08 Å². The summed E-state index contributed by atoms with van der Waals surface area (Å²) in [6, 6.07) is 23.8. The zero-order chi connectivity index (χ0) is 18.9. The second kappa shape index (κ2) is 12.7. The third-order valence-electron chi connectivity index (χ3n) is 6.41. The summed E-state index contributed by atoms with van der Waals surface area (Å²) < 4.78 is 0. The third kappa shape index (κ3) is 5.37. The van der Waals surface area contributed by atoms with E-state index < -0.39 is 8.07 Å². The SMILES string of the molecule is CC1=[C-]C(C)([Si](CC(C)C)(c2ccccc2)c2ccccc2)C(C)=C1C.[Cl-].[Cl-].[Cl-].[Ti+4]. The molecule has 160 valence electrons. The van der Waals surface area contributed by atoms with Gasteiger partial charge in [-0.15, -0.1) is 6.92 Å². The van der Waals surface area contributed by atoms with Gasteiger partial charge in [-0.1, -0.05) is 111 Å². The molecule has 0 saturated carbocycles. The van der Waals surface area contributed by atoms with Crippen LogP contribution in [0, 0.1) is 12.0 Å². The zero-order valence-electron chi connectivity index (χ0n) is 18.7. The summed E-state index contributed by atoms with van der Waals surface area (Å²) in [5.41, 5.74) is 4.27. The van der Waals surface area contributed by atoms with Crippen molar-refractivity contribution in [3.05, 3.63) is 83.5 Å². The summed E-state index contributed by atoms with van der Waals surface area (Å²) in [4.78, 5) is 0. The van der Waals surface area contributed by atoms with Crippen LogP contribution >= 0.6 is 0 Å². The summed E-state index contributed by atoms with van der Waals surface area (Å²) in [5, 5.41) is 3.03. The molecule has 0 spiro atoms. The first kappa shape index (κ1) is 31.9. The Labute approximate surface area is 218 Å². The van der Waals surface area contributed by atoms with Crippen LogP contribution in [0.15, 0.2) is 77.4 Å². The van der Waals surface area contributed by atoms with Crippen LogP contribution in [0.5, 0.6) is 0 Å².